The second-order valence-electron chi connectivity index (χ2n) is 7.59. The van der Waals surface area contributed by atoms with E-state index >= 15 is 0 Å². The van der Waals surface area contributed by atoms with Crippen molar-refractivity contribution in [2.24, 2.45) is 11.8 Å². The van der Waals surface area contributed by atoms with Crippen LogP contribution >= 0.6 is 0 Å². The molecule has 0 spiro atoms. The first-order valence-electron chi connectivity index (χ1n) is 9.75. The van der Waals surface area contributed by atoms with Crippen molar-refractivity contribution in [3.63, 3.8) is 0 Å². The number of ether oxygens (including phenoxy) is 1. The molecule has 158 valence electrons. The Morgan fingerprint density at radius 2 is 2.00 bits per heavy atom. The Kier molecular flexibility index (Phi) is 6.28. The SMILES string of the molecule is CNS(=O)(=O)c1cc(-c2cc(C(=O)NC3CCCC(C)C3C)[nH]n2)ccc1OC. The molecule has 1 aromatic carbocycles. The molecule has 3 rings (SSSR count). The van der Waals surface area contributed by atoms with Crippen molar-refractivity contribution < 1.29 is 17.9 Å². The normalized spacial score (nSPS) is 22.3. The molecule has 3 atom stereocenters. The second kappa shape index (κ2) is 8.54. The molecular weight excluding hydrogens is 392 g/mol. The molecule has 29 heavy (non-hydrogen) atoms. The Morgan fingerprint density at radius 3 is 2.69 bits per heavy atom. The van der Waals surface area contributed by atoms with E-state index in [0.29, 0.717) is 28.8 Å². The lowest BCUT2D eigenvalue weighted by molar-refractivity contribution is 0.0886. The van der Waals surface area contributed by atoms with Crippen LogP contribution in [0.15, 0.2) is 29.2 Å². The molecule has 1 amide bonds. The van der Waals surface area contributed by atoms with Crippen molar-refractivity contribution in [3.05, 3.63) is 30.0 Å². The number of benzene rings is 1. The van der Waals surface area contributed by atoms with E-state index in [0.717, 1.165) is 12.8 Å². The minimum atomic E-state index is -3.70. The number of methoxy groups -OCH3 is 1. The number of rotatable bonds is 6. The molecule has 1 saturated carbocycles. The molecule has 0 saturated heterocycles. The molecule has 8 nitrogen and oxygen atoms in total. The average molecular weight is 421 g/mol. The Hall–Kier alpha value is -2.39. The number of hydrogen-bond donors (Lipinski definition) is 3. The molecular formula is C20H28N4O4S. The van der Waals surface area contributed by atoms with Crippen LogP contribution in [0, 0.1) is 11.8 Å². The second-order valence-corrected chi connectivity index (χ2v) is 9.44. The number of aromatic nitrogens is 2. The minimum Gasteiger partial charge on any atom is -0.495 e. The predicted molar refractivity (Wildman–Crippen MR) is 110 cm³/mol. The van der Waals surface area contributed by atoms with E-state index in [2.05, 4.69) is 34.1 Å². The molecule has 9 heteroatoms. The van der Waals surface area contributed by atoms with E-state index in [1.165, 1.54) is 26.6 Å². The van der Waals surface area contributed by atoms with Gasteiger partial charge in [-0.15, -0.1) is 0 Å². The molecule has 2 aromatic rings. The summed E-state index contributed by atoms with van der Waals surface area (Å²) in [6, 6.07) is 6.53. The van der Waals surface area contributed by atoms with Gasteiger partial charge in [-0.05, 0) is 49.6 Å². The molecule has 0 radical (unpaired) electrons. The summed E-state index contributed by atoms with van der Waals surface area (Å²) in [5.74, 6) is 1.03. The highest BCUT2D eigenvalue weighted by Crippen LogP contribution is 2.31. The number of carbonyl (C=O) groups is 1. The largest absolute Gasteiger partial charge is 0.495 e. The van der Waals surface area contributed by atoms with Crippen molar-refractivity contribution >= 4 is 15.9 Å². The Bertz CT molecular complexity index is 986. The lowest BCUT2D eigenvalue weighted by Gasteiger charge is -2.34. The van der Waals surface area contributed by atoms with Gasteiger partial charge in [0.05, 0.1) is 12.8 Å². The smallest absolute Gasteiger partial charge is 0.269 e. The van der Waals surface area contributed by atoms with Gasteiger partial charge in [-0.1, -0.05) is 26.7 Å². The first-order valence-corrected chi connectivity index (χ1v) is 11.2. The fourth-order valence-corrected chi connectivity index (χ4v) is 4.69. The summed E-state index contributed by atoms with van der Waals surface area (Å²) in [5.41, 5.74) is 1.39. The predicted octanol–water partition coefficient (Wildman–Crippen LogP) is 2.55. The summed E-state index contributed by atoms with van der Waals surface area (Å²) < 4.78 is 32.0. The van der Waals surface area contributed by atoms with Gasteiger partial charge in [0.15, 0.2) is 0 Å². The number of carbonyl (C=O) groups excluding carboxylic acids is 1. The van der Waals surface area contributed by atoms with Gasteiger partial charge in [0.25, 0.3) is 5.91 Å². The van der Waals surface area contributed by atoms with Crippen molar-refractivity contribution in [1.82, 2.24) is 20.2 Å². The lowest BCUT2D eigenvalue weighted by atomic mass is 9.78. The zero-order valence-electron chi connectivity index (χ0n) is 17.2. The number of hydrogen-bond acceptors (Lipinski definition) is 5. The van der Waals surface area contributed by atoms with Crippen LogP contribution in [0.3, 0.4) is 0 Å². The van der Waals surface area contributed by atoms with Gasteiger partial charge in [-0.25, -0.2) is 13.1 Å². The van der Waals surface area contributed by atoms with Crippen LogP contribution in [-0.2, 0) is 10.0 Å². The molecule has 0 aliphatic heterocycles. The molecule has 3 N–H and O–H groups in total. The van der Waals surface area contributed by atoms with E-state index in [1.54, 1.807) is 18.2 Å². The third-order valence-corrected chi connectivity index (χ3v) is 7.30. The fourth-order valence-electron chi connectivity index (χ4n) is 3.77. The maximum absolute atomic E-state index is 12.7. The topological polar surface area (TPSA) is 113 Å². The highest BCUT2D eigenvalue weighted by atomic mass is 32.2. The third kappa shape index (κ3) is 4.45. The summed E-state index contributed by atoms with van der Waals surface area (Å²) >= 11 is 0. The van der Waals surface area contributed by atoms with Gasteiger partial charge >= 0.3 is 0 Å². The summed E-state index contributed by atoms with van der Waals surface area (Å²) in [6.07, 6.45) is 3.28. The van der Waals surface area contributed by atoms with Crippen LogP contribution in [0.2, 0.25) is 0 Å². The first kappa shape index (κ1) is 21.3. The summed E-state index contributed by atoms with van der Waals surface area (Å²) in [6.45, 7) is 4.39. The van der Waals surface area contributed by atoms with E-state index < -0.39 is 10.0 Å². The summed E-state index contributed by atoms with van der Waals surface area (Å²) in [5, 5.41) is 10.1. The van der Waals surface area contributed by atoms with Gasteiger partial charge in [0, 0.05) is 11.6 Å². The Morgan fingerprint density at radius 1 is 1.24 bits per heavy atom. The zero-order valence-corrected chi connectivity index (χ0v) is 18.0. The van der Waals surface area contributed by atoms with E-state index in [4.69, 9.17) is 4.74 Å². The van der Waals surface area contributed by atoms with E-state index in [1.807, 2.05) is 0 Å². The monoisotopic (exact) mass is 420 g/mol. The number of sulfonamides is 1. The van der Waals surface area contributed by atoms with Crippen LogP contribution in [-0.4, -0.2) is 44.7 Å². The van der Waals surface area contributed by atoms with E-state index in [-0.39, 0.29) is 22.6 Å². The van der Waals surface area contributed by atoms with Crippen LogP contribution in [0.25, 0.3) is 11.3 Å². The molecule has 1 aliphatic carbocycles. The molecule has 1 aliphatic rings. The Balaban J connectivity index is 1.83. The van der Waals surface area contributed by atoms with Crippen molar-refractivity contribution in [2.75, 3.05) is 14.2 Å². The van der Waals surface area contributed by atoms with E-state index in [9.17, 15) is 13.2 Å². The van der Waals surface area contributed by atoms with Gasteiger partial charge in [-0.2, -0.15) is 5.10 Å². The number of nitrogens with one attached hydrogen (secondary N) is 3. The standard InChI is InChI=1S/C20H28N4O4S/c1-12-6-5-7-15(13(12)2)22-20(25)17-11-16(23-24-17)14-8-9-18(28-4)19(10-14)29(26,27)21-3/h8-13,15,21H,5-7H2,1-4H3,(H,22,25)(H,23,24). The quantitative estimate of drug-likeness (QED) is 0.665. The maximum Gasteiger partial charge on any atom is 0.269 e. The fraction of sp³-hybridized carbons (Fsp3) is 0.500. The average Bonchev–Trinajstić information content (AvgIpc) is 3.21. The van der Waals surface area contributed by atoms with Crippen molar-refractivity contribution in [3.8, 4) is 17.0 Å². The van der Waals surface area contributed by atoms with Crippen LogP contribution < -0.4 is 14.8 Å². The molecule has 1 aromatic heterocycles. The number of amides is 1. The van der Waals surface area contributed by atoms with Crippen LogP contribution in [0.1, 0.15) is 43.6 Å². The first-order chi connectivity index (χ1) is 13.8. The molecule has 1 heterocycles. The van der Waals surface area contributed by atoms with Crippen LogP contribution in [0.5, 0.6) is 5.75 Å². The van der Waals surface area contributed by atoms with Crippen molar-refractivity contribution in [2.45, 2.75) is 44.0 Å². The lowest BCUT2D eigenvalue weighted by Crippen LogP contribution is -2.43. The maximum atomic E-state index is 12.7. The molecule has 1 fully saturated rings. The Labute approximate surface area is 171 Å². The molecule has 0 bridgehead atoms. The van der Waals surface area contributed by atoms with Gasteiger partial charge in [0.2, 0.25) is 10.0 Å². The van der Waals surface area contributed by atoms with Gasteiger partial charge in [0.1, 0.15) is 16.3 Å². The van der Waals surface area contributed by atoms with Crippen LogP contribution in [0.4, 0.5) is 0 Å². The van der Waals surface area contributed by atoms with Gasteiger partial charge < -0.3 is 10.1 Å². The third-order valence-electron chi connectivity index (χ3n) is 5.86. The zero-order chi connectivity index (χ0) is 21.2. The highest BCUT2D eigenvalue weighted by Gasteiger charge is 2.29. The number of nitrogens with zero attached hydrogens (tertiary/aromatic N) is 1. The van der Waals surface area contributed by atoms with Gasteiger partial charge in [-0.3, -0.25) is 9.89 Å². The number of aromatic amines is 1. The molecule has 3 unspecified atom stereocenters. The highest BCUT2D eigenvalue weighted by molar-refractivity contribution is 7.89. The summed E-state index contributed by atoms with van der Waals surface area (Å²) in [4.78, 5) is 12.7. The number of H-pyrrole nitrogens is 1. The summed E-state index contributed by atoms with van der Waals surface area (Å²) in [7, 11) is -0.954. The minimum absolute atomic E-state index is 0.0130. The van der Waals surface area contributed by atoms with Crippen molar-refractivity contribution in [1.29, 1.82) is 0 Å².